The summed E-state index contributed by atoms with van der Waals surface area (Å²) in [6.07, 6.45) is -0.517. The van der Waals surface area contributed by atoms with Gasteiger partial charge in [-0.2, -0.15) is 0 Å². The largest absolute Gasteiger partial charge is 0.366 e. The molecule has 1 aromatic rings. The van der Waals surface area contributed by atoms with Gasteiger partial charge >= 0.3 is 0 Å². The summed E-state index contributed by atoms with van der Waals surface area (Å²) in [5.74, 6) is -0.171. The van der Waals surface area contributed by atoms with E-state index in [1.165, 1.54) is 11.0 Å². The number of nitrogens with one attached hydrogen (secondary N) is 1. The summed E-state index contributed by atoms with van der Waals surface area (Å²) in [6.45, 7) is 1.89. The number of nitrogens with zero attached hydrogens (tertiary/aromatic N) is 2. The Balaban J connectivity index is 2.05. The van der Waals surface area contributed by atoms with Crippen LogP contribution in [-0.2, 0) is 16.1 Å². The molecule has 1 amide bonds. The maximum absolute atomic E-state index is 12.2. The molecule has 20 heavy (non-hydrogen) atoms. The van der Waals surface area contributed by atoms with Crippen molar-refractivity contribution < 1.29 is 14.5 Å². The van der Waals surface area contributed by atoms with Crippen molar-refractivity contribution in [1.82, 2.24) is 10.2 Å². The minimum absolute atomic E-state index is 0.0230. The van der Waals surface area contributed by atoms with Crippen LogP contribution in [-0.4, -0.2) is 48.6 Å². The lowest BCUT2D eigenvalue weighted by atomic mass is 10.1. The molecule has 1 unspecified atom stereocenters. The first-order valence-electron chi connectivity index (χ1n) is 6.39. The first kappa shape index (κ1) is 14.4. The number of ether oxygens (including phenoxy) is 1. The Morgan fingerprint density at radius 2 is 2.30 bits per heavy atom. The maximum atomic E-state index is 12.2. The zero-order valence-electron chi connectivity index (χ0n) is 11.2. The van der Waals surface area contributed by atoms with Gasteiger partial charge < -0.3 is 15.0 Å². The molecule has 0 saturated carbocycles. The zero-order valence-corrected chi connectivity index (χ0v) is 11.2. The van der Waals surface area contributed by atoms with Crippen LogP contribution in [0.25, 0.3) is 0 Å². The van der Waals surface area contributed by atoms with Gasteiger partial charge in [0, 0.05) is 31.8 Å². The highest BCUT2D eigenvalue weighted by Gasteiger charge is 2.26. The van der Waals surface area contributed by atoms with Crippen molar-refractivity contribution in [3.8, 4) is 0 Å². The van der Waals surface area contributed by atoms with Crippen LogP contribution in [0.15, 0.2) is 24.3 Å². The van der Waals surface area contributed by atoms with Gasteiger partial charge in [-0.15, -0.1) is 0 Å². The molecule has 0 aromatic heterocycles. The molecular weight excluding hydrogens is 262 g/mol. The fourth-order valence-corrected chi connectivity index (χ4v) is 2.13. The fraction of sp³-hybridized carbons (Fsp3) is 0.462. The van der Waals surface area contributed by atoms with Gasteiger partial charge in [0.1, 0.15) is 6.10 Å². The summed E-state index contributed by atoms with van der Waals surface area (Å²) in [5, 5.41) is 14.0. The molecular formula is C13H17N3O4. The van der Waals surface area contributed by atoms with E-state index in [-0.39, 0.29) is 18.1 Å². The Labute approximate surface area is 116 Å². The number of rotatable bonds is 4. The highest BCUT2D eigenvalue weighted by molar-refractivity contribution is 5.81. The van der Waals surface area contributed by atoms with Gasteiger partial charge in [0.25, 0.3) is 11.6 Å². The third kappa shape index (κ3) is 3.31. The van der Waals surface area contributed by atoms with Crippen molar-refractivity contribution in [2.45, 2.75) is 12.6 Å². The molecule has 1 atom stereocenters. The minimum Gasteiger partial charge on any atom is -0.366 e. The van der Waals surface area contributed by atoms with Gasteiger partial charge in [-0.25, -0.2) is 0 Å². The number of morpholine rings is 1. The Hall–Kier alpha value is -1.99. The predicted molar refractivity (Wildman–Crippen MR) is 72.2 cm³/mol. The number of likely N-dealkylation sites (N-methyl/N-ethyl adjacent to an activating group) is 1. The molecule has 1 aliphatic rings. The summed E-state index contributed by atoms with van der Waals surface area (Å²) in [6, 6.07) is 6.42. The van der Waals surface area contributed by atoms with Crippen LogP contribution in [0.3, 0.4) is 0 Å². The highest BCUT2D eigenvalue weighted by Crippen LogP contribution is 2.19. The van der Waals surface area contributed by atoms with Gasteiger partial charge in [-0.1, -0.05) is 18.2 Å². The first-order chi connectivity index (χ1) is 9.59. The Morgan fingerprint density at radius 1 is 1.55 bits per heavy atom. The van der Waals surface area contributed by atoms with Crippen molar-refractivity contribution in [3.05, 3.63) is 39.9 Å². The summed E-state index contributed by atoms with van der Waals surface area (Å²) in [7, 11) is 1.62. The average Bonchev–Trinajstić information content (AvgIpc) is 2.47. The van der Waals surface area contributed by atoms with Crippen LogP contribution in [0, 0.1) is 10.1 Å². The van der Waals surface area contributed by atoms with E-state index in [1.54, 1.807) is 25.2 Å². The van der Waals surface area contributed by atoms with Crippen LogP contribution < -0.4 is 5.32 Å². The Kier molecular flexibility index (Phi) is 4.65. The van der Waals surface area contributed by atoms with E-state index in [4.69, 9.17) is 4.74 Å². The quantitative estimate of drug-likeness (QED) is 0.642. The Morgan fingerprint density at radius 3 is 2.95 bits per heavy atom. The molecule has 1 fully saturated rings. The number of nitro groups is 1. The molecule has 108 valence electrons. The molecule has 1 saturated heterocycles. The van der Waals surface area contributed by atoms with Gasteiger partial charge in [-0.05, 0) is 0 Å². The lowest BCUT2D eigenvalue weighted by Crippen LogP contribution is -2.48. The topological polar surface area (TPSA) is 84.7 Å². The van der Waals surface area contributed by atoms with Crippen molar-refractivity contribution in [1.29, 1.82) is 0 Å². The minimum atomic E-state index is -0.517. The Bertz CT molecular complexity index is 500. The van der Waals surface area contributed by atoms with E-state index in [0.717, 1.165) is 6.54 Å². The number of amides is 1. The summed E-state index contributed by atoms with van der Waals surface area (Å²) in [5.41, 5.74) is 0.534. The van der Waals surface area contributed by atoms with E-state index in [0.29, 0.717) is 18.7 Å². The van der Waals surface area contributed by atoms with Crippen molar-refractivity contribution in [2.75, 3.05) is 26.7 Å². The molecule has 7 nitrogen and oxygen atoms in total. The summed E-state index contributed by atoms with van der Waals surface area (Å²) >= 11 is 0. The lowest BCUT2D eigenvalue weighted by Gasteiger charge is -2.27. The number of hydrogen-bond acceptors (Lipinski definition) is 5. The van der Waals surface area contributed by atoms with Gasteiger partial charge in [0.2, 0.25) is 0 Å². The SMILES string of the molecule is CN(Cc1ccccc1[N+](=O)[O-])C(=O)C1CNCCO1. The smallest absolute Gasteiger partial charge is 0.274 e. The molecule has 0 spiro atoms. The molecule has 0 aliphatic carbocycles. The monoisotopic (exact) mass is 279 g/mol. The van der Waals surface area contributed by atoms with Crippen LogP contribution >= 0.6 is 0 Å². The van der Waals surface area contributed by atoms with E-state index in [1.807, 2.05) is 0 Å². The number of carbonyl (C=O) groups is 1. The molecule has 1 N–H and O–H groups in total. The number of nitro benzene ring substituents is 1. The van der Waals surface area contributed by atoms with Crippen LogP contribution in [0.1, 0.15) is 5.56 Å². The zero-order chi connectivity index (χ0) is 14.5. The standard InChI is InChI=1S/C13H17N3O4/c1-15(13(17)12-8-14-6-7-20-12)9-10-4-2-3-5-11(10)16(18)19/h2-5,12,14H,6-9H2,1H3. The normalized spacial score (nSPS) is 18.6. The highest BCUT2D eigenvalue weighted by atomic mass is 16.6. The molecule has 7 heteroatoms. The first-order valence-corrected chi connectivity index (χ1v) is 6.39. The predicted octanol–water partition coefficient (Wildman–Crippen LogP) is 0.542. The number of para-hydroxylation sites is 1. The second kappa shape index (κ2) is 6.44. The average molecular weight is 279 g/mol. The summed E-state index contributed by atoms with van der Waals surface area (Å²) < 4.78 is 5.39. The molecule has 1 aliphatic heterocycles. The number of carbonyl (C=O) groups excluding carboxylic acids is 1. The van der Waals surface area contributed by atoms with Crippen molar-refractivity contribution >= 4 is 11.6 Å². The lowest BCUT2D eigenvalue weighted by molar-refractivity contribution is -0.385. The second-order valence-electron chi connectivity index (χ2n) is 4.64. The van der Waals surface area contributed by atoms with Gasteiger partial charge in [0.15, 0.2) is 0 Å². The summed E-state index contributed by atoms with van der Waals surface area (Å²) in [4.78, 5) is 24.1. The number of benzene rings is 1. The van der Waals surface area contributed by atoms with E-state index < -0.39 is 11.0 Å². The van der Waals surface area contributed by atoms with E-state index in [9.17, 15) is 14.9 Å². The number of hydrogen-bond donors (Lipinski definition) is 1. The van der Waals surface area contributed by atoms with Crippen LogP contribution in [0.4, 0.5) is 5.69 Å². The molecule has 0 bridgehead atoms. The van der Waals surface area contributed by atoms with Crippen LogP contribution in [0.5, 0.6) is 0 Å². The van der Waals surface area contributed by atoms with E-state index >= 15 is 0 Å². The third-order valence-corrected chi connectivity index (χ3v) is 3.18. The molecule has 1 aromatic carbocycles. The van der Waals surface area contributed by atoms with Gasteiger partial charge in [0.05, 0.1) is 18.1 Å². The second-order valence-corrected chi connectivity index (χ2v) is 4.64. The molecule has 0 radical (unpaired) electrons. The molecule has 1 heterocycles. The fourth-order valence-electron chi connectivity index (χ4n) is 2.13. The van der Waals surface area contributed by atoms with Crippen LogP contribution in [0.2, 0.25) is 0 Å². The molecule has 2 rings (SSSR count). The third-order valence-electron chi connectivity index (χ3n) is 3.18. The van der Waals surface area contributed by atoms with Crippen molar-refractivity contribution in [2.24, 2.45) is 0 Å². The van der Waals surface area contributed by atoms with Crippen molar-refractivity contribution in [3.63, 3.8) is 0 Å². The van der Waals surface area contributed by atoms with E-state index in [2.05, 4.69) is 5.32 Å². The maximum Gasteiger partial charge on any atom is 0.274 e. The van der Waals surface area contributed by atoms with Gasteiger partial charge in [-0.3, -0.25) is 14.9 Å².